The Labute approximate surface area is 104 Å². The molecule has 1 aromatic heterocycles. The first-order valence-electron chi connectivity index (χ1n) is 5.44. The number of hydrogen-bond acceptors (Lipinski definition) is 4. The Hall–Kier alpha value is -2.08. The van der Waals surface area contributed by atoms with Crippen molar-refractivity contribution in [1.29, 1.82) is 0 Å². The minimum Gasteiger partial charge on any atom is -0.494 e. The molecule has 0 aliphatic carbocycles. The van der Waals surface area contributed by atoms with Crippen molar-refractivity contribution >= 4 is 5.82 Å². The van der Waals surface area contributed by atoms with E-state index in [1.54, 1.807) is 18.2 Å². The second-order valence-corrected chi connectivity index (χ2v) is 3.75. The van der Waals surface area contributed by atoms with Crippen molar-refractivity contribution in [2.24, 2.45) is 0 Å². The third kappa shape index (κ3) is 2.28. The molecule has 0 bridgehead atoms. The van der Waals surface area contributed by atoms with Gasteiger partial charge in [0.2, 0.25) is 0 Å². The van der Waals surface area contributed by atoms with Crippen molar-refractivity contribution in [3.8, 4) is 17.0 Å². The lowest BCUT2D eigenvalue weighted by molar-refractivity contribution is 0.270. The van der Waals surface area contributed by atoms with Crippen LogP contribution in [0.1, 0.15) is 0 Å². The number of aliphatic hydroxyl groups is 1. The van der Waals surface area contributed by atoms with Crippen LogP contribution in [0.3, 0.4) is 0 Å². The van der Waals surface area contributed by atoms with Crippen molar-refractivity contribution in [3.63, 3.8) is 0 Å². The summed E-state index contributed by atoms with van der Waals surface area (Å²) in [5.74, 6) is 0.175. The Bertz CT molecular complexity index is 554. The molecule has 5 nitrogen and oxygen atoms in total. The minimum atomic E-state index is -0.427. The van der Waals surface area contributed by atoms with Gasteiger partial charge in [-0.1, -0.05) is 0 Å². The lowest BCUT2D eigenvalue weighted by Crippen LogP contribution is -2.07. The molecule has 6 heteroatoms. The number of anilines is 1. The quantitative estimate of drug-likeness (QED) is 0.858. The van der Waals surface area contributed by atoms with Crippen molar-refractivity contribution in [3.05, 3.63) is 30.1 Å². The number of methoxy groups -OCH3 is 1. The lowest BCUT2D eigenvalue weighted by atomic mass is 10.1. The fourth-order valence-corrected chi connectivity index (χ4v) is 1.67. The highest BCUT2D eigenvalue weighted by Gasteiger charge is 2.10. The first-order valence-corrected chi connectivity index (χ1v) is 5.44. The molecule has 0 saturated heterocycles. The SMILES string of the molecule is COc1cc(-c2cc(N)n(CCO)n2)ccc1F. The summed E-state index contributed by atoms with van der Waals surface area (Å²) in [4.78, 5) is 0. The lowest BCUT2D eigenvalue weighted by Gasteiger charge is -2.03. The van der Waals surface area contributed by atoms with Gasteiger partial charge >= 0.3 is 0 Å². The van der Waals surface area contributed by atoms with Gasteiger partial charge < -0.3 is 15.6 Å². The van der Waals surface area contributed by atoms with Crippen LogP contribution in [0, 0.1) is 5.82 Å². The second kappa shape index (κ2) is 5.05. The van der Waals surface area contributed by atoms with Gasteiger partial charge in [0.05, 0.1) is 26.0 Å². The number of ether oxygens (including phenoxy) is 1. The zero-order valence-electron chi connectivity index (χ0n) is 9.93. The van der Waals surface area contributed by atoms with Crippen LogP contribution in [0.4, 0.5) is 10.2 Å². The molecular weight excluding hydrogens is 237 g/mol. The van der Waals surface area contributed by atoms with Crippen LogP contribution < -0.4 is 10.5 Å². The van der Waals surface area contributed by atoms with Crippen LogP contribution in [-0.4, -0.2) is 28.6 Å². The Kier molecular flexibility index (Phi) is 3.47. The van der Waals surface area contributed by atoms with Crippen LogP contribution in [0.15, 0.2) is 24.3 Å². The van der Waals surface area contributed by atoms with Gasteiger partial charge in [-0.05, 0) is 18.2 Å². The average molecular weight is 251 g/mol. The maximum absolute atomic E-state index is 13.3. The predicted octanol–water partition coefficient (Wildman–Crippen LogP) is 1.27. The van der Waals surface area contributed by atoms with E-state index in [-0.39, 0.29) is 12.4 Å². The van der Waals surface area contributed by atoms with Gasteiger partial charge in [-0.2, -0.15) is 5.10 Å². The van der Waals surface area contributed by atoms with Gasteiger partial charge in [0.15, 0.2) is 11.6 Å². The van der Waals surface area contributed by atoms with E-state index in [0.29, 0.717) is 23.6 Å². The number of nitrogens with zero attached hydrogens (tertiary/aromatic N) is 2. The van der Waals surface area contributed by atoms with Gasteiger partial charge in [0.25, 0.3) is 0 Å². The van der Waals surface area contributed by atoms with E-state index in [9.17, 15) is 4.39 Å². The summed E-state index contributed by atoms with van der Waals surface area (Å²) in [5.41, 5.74) is 7.06. The zero-order valence-corrected chi connectivity index (χ0v) is 9.93. The number of hydrogen-bond donors (Lipinski definition) is 2. The largest absolute Gasteiger partial charge is 0.494 e. The Morgan fingerprint density at radius 1 is 1.44 bits per heavy atom. The van der Waals surface area contributed by atoms with Crippen LogP contribution in [0.25, 0.3) is 11.3 Å². The standard InChI is InChI=1S/C12H14FN3O2/c1-18-11-6-8(2-3-9(11)13)10-7-12(14)16(15-10)4-5-17/h2-3,6-7,17H,4-5,14H2,1H3. The van der Waals surface area contributed by atoms with Crippen molar-refractivity contribution in [2.45, 2.75) is 6.54 Å². The molecule has 0 unspecified atom stereocenters. The summed E-state index contributed by atoms with van der Waals surface area (Å²) < 4.78 is 19.7. The molecule has 0 aliphatic heterocycles. The molecule has 18 heavy (non-hydrogen) atoms. The van der Waals surface area contributed by atoms with Gasteiger partial charge in [-0.25, -0.2) is 9.07 Å². The van der Waals surface area contributed by atoms with E-state index in [0.717, 1.165) is 0 Å². The Balaban J connectivity index is 2.39. The molecular formula is C12H14FN3O2. The molecule has 0 radical (unpaired) electrons. The highest BCUT2D eigenvalue weighted by molar-refractivity contribution is 5.64. The molecule has 2 aromatic rings. The molecule has 0 atom stereocenters. The monoisotopic (exact) mass is 251 g/mol. The minimum absolute atomic E-state index is 0.0436. The molecule has 96 valence electrons. The summed E-state index contributed by atoms with van der Waals surface area (Å²) in [6, 6.07) is 6.14. The Morgan fingerprint density at radius 3 is 2.89 bits per heavy atom. The van der Waals surface area contributed by atoms with Crippen molar-refractivity contribution in [1.82, 2.24) is 9.78 Å². The van der Waals surface area contributed by atoms with Crippen LogP contribution >= 0.6 is 0 Å². The van der Waals surface area contributed by atoms with E-state index in [1.807, 2.05) is 0 Å². The molecule has 2 rings (SSSR count). The van der Waals surface area contributed by atoms with E-state index >= 15 is 0 Å². The number of nitrogens with two attached hydrogens (primary N) is 1. The number of halogens is 1. The molecule has 0 saturated carbocycles. The average Bonchev–Trinajstić information content (AvgIpc) is 2.72. The maximum atomic E-state index is 13.3. The summed E-state index contributed by atoms with van der Waals surface area (Å²) in [5, 5.41) is 13.1. The molecule has 0 amide bonds. The Morgan fingerprint density at radius 2 is 2.22 bits per heavy atom. The fraction of sp³-hybridized carbons (Fsp3) is 0.250. The molecule has 0 spiro atoms. The molecule has 1 aromatic carbocycles. The van der Waals surface area contributed by atoms with Gasteiger partial charge in [0, 0.05) is 11.6 Å². The highest BCUT2D eigenvalue weighted by atomic mass is 19.1. The second-order valence-electron chi connectivity index (χ2n) is 3.75. The molecule has 0 fully saturated rings. The summed E-state index contributed by atoms with van der Waals surface area (Å²) in [6.45, 7) is 0.280. The first kappa shape index (κ1) is 12.4. The third-order valence-electron chi connectivity index (χ3n) is 2.57. The zero-order chi connectivity index (χ0) is 13.1. The number of aliphatic hydroxyl groups excluding tert-OH is 1. The topological polar surface area (TPSA) is 73.3 Å². The maximum Gasteiger partial charge on any atom is 0.165 e. The number of aromatic nitrogens is 2. The first-order chi connectivity index (χ1) is 8.65. The smallest absolute Gasteiger partial charge is 0.165 e. The van der Waals surface area contributed by atoms with Crippen LogP contribution in [0.2, 0.25) is 0 Å². The fourth-order valence-electron chi connectivity index (χ4n) is 1.67. The van der Waals surface area contributed by atoms with E-state index in [4.69, 9.17) is 15.6 Å². The number of nitrogen functional groups attached to an aromatic ring is 1. The number of rotatable bonds is 4. The summed E-state index contributed by atoms with van der Waals surface area (Å²) in [7, 11) is 1.40. The molecule has 1 heterocycles. The number of benzene rings is 1. The normalized spacial score (nSPS) is 10.6. The molecule has 0 aliphatic rings. The summed E-state index contributed by atoms with van der Waals surface area (Å²) >= 11 is 0. The highest BCUT2D eigenvalue weighted by Crippen LogP contribution is 2.26. The van der Waals surface area contributed by atoms with E-state index in [2.05, 4.69) is 5.10 Å². The third-order valence-corrected chi connectivity index (χ3v) is 2.57. The summed E-state index contributed by atoms with van der Waals surface area (Å²) in [6.07, 6.45) is 0. The van der Waals surface area contributed by atoms with Gasteiger partial charge in [-0.3, -0.25) is 0 Å². The van der Waals surface area contributed by atoms with E-state index in [1.165, 1.54) is 17.9 Å². The van der Waals surface area contributed by atoms with Crippen LogP contribution in [-0.2, 0) is 6.54 Å². The van der Waals surface area contributed by atoms with Crippen LogP contribution in [0.5, 0.6) is 5.75 Å². The van der Waals surface area contributed by atoms with Gasteiger partial charge in [0.1, 0.15) is 5.82 Å². The van der Waals surface area contributed by atoms with E-state index < -0.39 is 5.82 Å². The van der Waals surface area contributed by atoms with Gasteiger partial charge in [-0.15, -0.1) is 0 Å². The predicted molar refractivity (Wildman–Crippen MR) is 65.7 cm³/mol. The molecule has 3 N–H and O–H groups in total. The van der Waals surface area contributed by atoms with Crippen molar-refractivity contribution < 1.29 is 14.2 Å². The van der Waals surface area contributed by atoms with Crippen molar-refractivity contribution in [2.75, 3.05) is 19.5 Å².